The van der Waals surface area contributed by atoms with Gasteiger partial charge in [-0.2, -0.15) is 0 Å². The molecule has 2 aromatic carbocycles. The zero-order chi connectivity index (χ0) is 21.1. The van der Waals surface area contributed by atoms with Crippen LogP contribution in [0.2, 0.25) is 0 Å². The van der Waals surface area contributed by atoms with Crippen LogP contribution in [-0.4, -0.2) is 11.6 Å². The van der Waals surface area contributed by atoms with Crippen LogP contribution in [0.15, 0.2) is 85.0 Å². The Kier molecular flexibility index (Phi) is 10.1. The summed E-state index contributed by atoms with van der Waals surface area (Å²) in [7, 11) is 9.78. The van der Waals surface area contributed by atoms with Crippen LogP contribution in [0.1, 0.15) is 46.9 Å². The molecule has 0 fully saturated rings. The quantitative estimate of drug-likeness (QED) is 0.239. The zero-order valence-electron chi connectivity index (χ0n) is 16.4. The Balaban J connectivity index is 0.000000941. The van der Waals surface area contributed by atoms with Gasteiger partial charge in [0.2, 0.25) is 0 Å². The van der Waals surface area contributed by atoms with E-state index in [1.165, 1.54) is 0 Å². The van der Waals surface area contributed by atoms with Crippen molar-refractivity contribution in [3.8, 4) is 0 Å². The molecule has 2 aromatic rings. The predicted molar refractivity (Wildman–Crippen MR) is 117 cm³/mol. The van der Waals surface area contributed by atoms with Crippen LogP contribution >= 0.6 is 18.6 Å². The Labute approximate surface area is 189 Å². The van der Waals surface area contributed by atoms with Gasteiger partial charge in [0.1, 0.15) is 5.41 Å². The molecule has 0 unspecified atom stereocenters. The molecule has 2 nitrogen and oxygen atoms in total. The maximum atomic E-state index is 13.7. The average molecular weight is 463 g/mol. The third kappa shape index (κ3) is 5.80. The molecule has 0 radical (unpaired) electrons. The molecule has 3 rings (SSSR count). The van der Waals surface area contributed by atoms with E-state index in [-0.39, 0.29) is 17.5 Å². The number of halogens is 2. The summed E-state index contributed by atoms with van der Waals surface area (Å²) >= 11 is -0.556. The van der Waals surface area contributed by atoms with Gasteiger partial charge in [-0.25, -0.2) is 0 Å². The second kappa shape index (κ2) is 12.3. The van der Waals surface area contributed by atoms with Crippen molar-refractivity contribution in [3.63, 3.8) is 0 Å². The molecule has 0 aliphatic heterocycles. The molecule has 0 heterocycles. The first-order chi connectivity index (χ1) is 14.1. The molecule has 0 saturated heterocycles. The van der Waals surface area contributed by atoms with E-state index in [0.29, 0.717) is 17.5 Å². The van der Waals surface area contributed by atoms with Crippen molar-refractivity contribution in [2.75, 3.05) is 0 Å². The maximum absolute atomic E-state index is 13.7. The topological polar surface area (TPSA) is 34.1 Å². The van der Waals surface area contributed by atoms with E-state index in [9.17, 15) is 9.59 Å². The first kappa shape index (κ1) is 23.8. The molecule has 0 spiro atoms. The van der Waals surface area contributed by atoms with Gasteiger partial charge in [-0.1, -0.05) is 105 Å². The van der Waals surface area contributed by atoms with Crippen molar-refractivity contribution in [3.05, 3.63) is 96.1 Å². The Morgan fingerprint density at radius 3 is 1.66 bits per heavy atom. The number of carbonyl (C=O) groups excluding carboxylic acids is 2. The van der Waals surface area contributed by atoms with Crippen LogP contribution in [0.5, 0.6) is 0 Å². The fourth-order valence-electron chi connectivity index (χ4n) is 3.71. The van der Waals surface area contributed by atoms with Crippen LogP contribution in [-0.2, 0) is 17.0 Å². The first-order valence-electron chi connectivity index (χ1n) is 9.62. The molecule has 5 heteroatoms. The number of hydrogen-bond acceptors (Lipinski definition) is 2. The molecule has 0 atom stereocenters. The number of unbranched alkanes of at least 4 members (excludes halogenated alkanes) is 1. The normalized spacial score (nSPS) is 12.9. The molecule has 0 N–H and O–H groups in total. The first-order valence-corrected chi connectivity index (χ1v) is 13.9. The number of Topliss-reactive ketones (excluding diaryl/α,β-unsaturated/α-hetero) is 2. The monoisotopic (exact) mass is 462 g/mol. The van der Waals surface area contributed by atoms with Gasteiger partial charge in [-0.3, -0.25) is 9.59 Å². The average Bonchev–Trinajstić information content (AvgIpc) is 3.31. The van der Waals surface area contributed by atoms with E-state index in [0.717, 1.165) is 12.8 Å². The van der Waals surface area contributed by atoms with E-state index in [4.69, 9.17) is 18.6 Å². The van der Waals surface area contributed by atoms with Crippen LogP contribution in [0, 0.1) is 11.3 Å². The van der Waals surface area contributed by atoms with Gasteiger partial charge in [-0.15, -0.1) is 0 Å². The minimum atomic E-state index is -1.10. The van der Waals surface area contributed by atoms with Crippen LogP contribution in [0.3, 0.4) is 0 Å². The molecule has 150 valence electrons. The second-order valence-corrected chi connectivity index (χ2v) is 9.41. The molecule has 0 aromatic heterocycles. The number of rotatable bonds is 8. The van der Waals surface area contributed by atoms with E-state index < -0.39 is 22.4 Å². The molecule has 0 saturated carbocycles. The summed E-state index contributed by atoms with van der Waals surface area (Å²) in [5.41, 5.74) is 0.102. The van der Waals surface area contributed by atoms with Gasteiger partial charge in [-0.05, 0) is 6.42 Å². The summed E-state index contributed by atoms with van der Waals surface area (Å²) < 4.78 is 0. The van der Waals surface area contributed by atoms with Crippen molar-refractivity contribution in [2.24, 2.45) is 11.3 Å². The Morgan fingerprint density at radius 1 is 0.862 bits per heavy atom. The summed E-state index contributed by atoms with van der Waals surface area (Å²) in [4.78, 5) is 27.4. The second-order valence-electron chi connectivity index (χ2n) is 6.83. The summed E-state index contributed by atoms with van der Waals surface area (Å²) in [5, 5.41) is 0. The fraction of sp³-hybridized carbons (Fsp3) is 0.250. The Bertz CT molecular complexity index is 784. The Hall–Kier alpha value is -1.45. The van der Waals surface area contributed by atoms with E-state index in [2.05, 4.69) is 6.92 Å². The molecular formula is C24H24Cl2O2Ti. The van der Waals surface area contributed by atoms with E-state index in [1.807, 2.05) is 85.0 Å². The van der Waals surface area contributed by atoms with Crippen molar-refractivity contribution in [1.82, 2.24) is 0 Å². The summed E-state index contributed by atoms with van der Waals surface area (Å²) in [6.45, 7) is 2.09. The van der Waals surface area contributed by atoms with Crippen molar-refractivity contribution >= 4 is 30.2 Å². The van der Waals surface area contributed by atoms with Crippen LogP contribution < -0.4 is 0 Å². The molecule has 1 aliphatic carbocycles. The van der Waals surface area contributed by atoms with Crippen LogP contribution in [0.25, 0.3) is 0 Å². The number of allylic oxidation sites excluding steroid dienone is 4. The molecule has 29 heavy (non-hydrogen) atoms. The third-order valence-electron chi connectivity index (χ3n) is 5.12. The predicted octanol–water partition coefficient (Wildman–Crippen LogP) is 7.05. The van der Waals surface area contributed by atoms with Gasteiger partial charge < -0.3 is 0 Å². The van der Waals surface area contributed by atoms with Gasteiger partial charge in [0.15, 0.2) is 11.6 Å². The fourth-order valence-corrected chi connectivity index (χ4v) is 3.71. The molecular weight excluding hydrogens is 439 g/mol. The van der Waals surface area contributed by atoms with Gasteiger partial charge >= 0.3 is 35.6 Å². The number of hydrogen-bond donors (Lipinski definition) is 0. The van der Waals surface area contributed by atoms with Crippen molar-refractivity contribution < 1.29 is 26.6 Å². The van der Waals surface area contributed by atoms with Gasteiger partial charge in [0, 0.05) is 17.0 Å². The van der Waals surface area contributed by atoms with Gasteiger partial charge in [0.25, 0.3) is 0 Å². The van der Waals surface area contributed by atoms with Crippen molar-refractivity contribution in [1.29, 1.82) is 0 Å². The number of ketones is 2. The summed E-state index contributed by atoms with van der Waals surface area (Å²) in [5.74, 6) is -0.377. The molecule has 0 amide bonds. The minimum absolute atomic E-state index is 0.0818. The number of benzene rings is 2. The van der Waals surface area contributed by atoms with Gasteiger partial charge in [0.05, 0.1) is 0 Å². The summed E-state index contributed by atoms with van der Waals surface area (Å²) in [6, 6.07) is 18.4. The zero-order valence-corrected chi connectivity index (χ0v) is 19.4. The van der Waals surface area contributed by atoms with Crippen LogP contribution in [0.4, 0.5) is 0 Å². The van der Waals surface area contributed by atoms with Crippen molar-refractivity contribution in [2.45, 2.75) is 26.2 Å². The molecule has 0 bridgehead atoms. The SMILES string of the molecule is CCCCC(C(=O)c1ccccc1)(C(=O)c1ccccc1)C1C=CC=C1.[Cl][Ti][Cl]. The van der Waals surface area contributed by atoms with E-state index >= 15 is 0 Å². The third-order valence-corrected chi connectivity index (χ3v) is 5.12. The molecule has 1 aliphatic rings. The standard InChI is InChI=1S/C24H24O2.2ClH.Ti/c1-2-3-18-24(21-16-10-11-17-21,22(25)19-12-6-4-7-13-19)23(26)20-14-8-5-9-15-20;;;/h4-17,21H,2-3,18H2,1H3;2*1H;/q;;;+2/p-2. The number of carbonyl (C=O) groups is 2. The Morgan fingerprint density at radius 2 is 1.28 bits per heavy atom. The van der Waals surface area contributed by atoms with E-state index in [1.54, 1.807) is 0 Å². The summed E-state index contributed by atoms with van der Waals surface area (Å²) in [6.07, 6.45) is 10.1.